The SMILES string of the molecule is CCn1c(SCC(=O)O)nnc1-c1snnc1C. The molecule has 0 aliphatic rings. The van der Waals surface area contributed by atoms with Crippen LogP contribution in [0.25, 0.3) is 10.7 Å². The van der Waals surface area contributed by atoms with Crippen LogP contribution in [0.2, 0.25) is 0 Å². The lowest BCUT2D eigenvalue weighted by Gasteiger charge is -2.04. The number of thioether (sulfide) groups is 1. The Hall–Kier alpha value is -1.48. The maximum absolute atomic E-state index is 10.6. The second kappa shape index (κ2) is 5.44. The Bertz CT molecular complexity index is 565. The summed E-state index contributed by atoms with van der Waals surface area (Å²) in [6.07, 6.45) is 0. The van der Waals surface area contributed by atoms with Gasteiger partial charge in [-0.05, 0) is 25.4 Å². The number of hydrogen-bond donors (Lipinski definition) is 1. The molecule has 0 saturated heterocycles. The van der Waals surface area contributed by atoms with Crippen LogP contribution in [0.1, 0.15) is 12.6 Å². The summed E-state index contributed by atoms with van der Waals surface area (Å²) in [7, 11) is 0. The number of aromatic nitrogens is 5. The number of nitrogens with zero attached hydrogens (tertiary/aromatic N) is 5. The van der Waals surface area contributed by atoms with E-state index < -0.39 is 5.97 Å². The molecule has 0 aliphatic heterocycles. The smallest absolute Gasteiger partial charge is 0.313 e. The molecule has 0 fully saturated rings. The van der Waals surface area contributed by atoms with Gasteiger partial charge in [-0.1, -0.05) is 16.3 Å². The largest absolute Gasteiger partial charge is 0.481 e. The van der Waals surface area contributed by atoms with E-state index >= 15 is 0 Å². The topological polar surface area (TPSA) is 93.8 Å². The summed E-state index contributed by atoms with van der Waals surface area (Å²) in [5, 5.41) is 21.3. The molecule has 0 atom stereocenters. The van der Waals surface area contributed by atoms with Crippen molar-refractivity contribution >= 4 is 29.3 Å². The van der Waals surface area contributed by atoms with E-state index in [0.717, 1.165) is 22.3 Å². The van der Waals surface area contributed by atoms with E-state index in [-0.39, 0.29) is 5.75 Å². The van der Waals surface area contributed by atoms with Gasteiger partial charge in [-0.3, -0.25) is 4.79 Å². The fourth-order valence-corrected chi connectivity index (χ4v) is 2.78. The minimum absolute atomic E-state index is 0.0297. The molecule has 0 spiro atoms. The van der Waals surface area contributed by atoms with Gasteiger partial charge in [0.05, 0.1) is 11.4 Å². The normalized spacial score (nSPS) is 10.8. The molecule has 2 aromatic rings. The molecule has 2 heterocycles. The van der Waals surface area contributed by atoms with Crippen molar-refractivity contribution in [1.82, 2.24) is 24.4 Å². The number of carbonyl (C=O) groups is 1. The summed E-state index contributed by atoms with van der Waals surface area (Å²) in [5.74, 6) is -0.210. The molecule has 0 saturated carbocycles. The predicted octanol–water partition coefficient (Wildman–Crippen LogP) is 1.30. The molecular formula is C9H11N5O2S2. The second-order valence-electron chi connectivity index (χ2n) is 3.42. The van der Waals surface area contributed by atoms with E-state index in [0.29, 0.717) is 17.5 Å². The Morgan fingerprint density at radius 1 is 1.44 bits per heavy atom. The van der Waals surface area contributed by atoms with Crippen molar-refractivity contribution in [2.24, 2.45) is 0 Å². The zero-order valence-corrected chi connectivity index (χ0v) is 11.5. The highest BCUT2D eigenvalue weighted by Crippen LogP contribution is 2.27. The molecule has 9 heteroatoms. The van der Waals surface area contributed by atoms with Gasteiger partial charge in [0.2, 0.25) is 0 Å². The molecule has 0 amide bonds. The Kier molecular flexibility index (Phi) is 3.92. The van der Waals surface area contributed by atoms with Gasteiger partial charge in [0.15, 0.2) is 11.0 Å². The Balaban J connectivity index is 2.33. The number of carboxylic acids is 1. The zero-order chi connectivity index (χ0) is 13.1. The first kappa shape index (κ1) is 13.0. The molecule has 0 aliphatic carbocycles. The first-order valence-corrected chi connectivity index (χ1v) is 6.96. The van der Waals surface area contributed by atoms with Crippen molar-refractivity contribution in [3.8, 4) is 10.7 Å². The Morgan fingerprint density at radius 3 is 2.78 bits per heavy atom. The molecule has 2 aromatic heterocycles. The maximum Gasteiger partial charge on any atom is 0.313 e. The van der Waals surface area contributed by atoms with Gasteiger partial charge < -0.3 is 9.67 Å². The average Bonchev–Trinajstić information content (AvgIpc) is 2.91. The predicted molar refractivity (Wildman–Crippen MR) is 67.7 cm³/mol. The Labute approximate surface area is 111 Å². The highest BCUT2D eigenvalue weighted by Gasteiger charge is 2.17. The summed E-state index contributed by atoms with van der Waals surface area (Å²) in [6.45, 7) is 4.49. The van der Waals surface area contributed by atoms with E-state index in [4.69, 9.17) is 5.11 Å². The van der Waals surface area contributed by atoms with Crippen molar-refractivity contribution in [2.75, 3.05) is 5.75 Å². The van der Waals surface area contributed by atoms with E-state index in [1.54, 1.807) is 0 Å². The molecular weight excluding hydrogens is 274 g/mol. The monoisotopic (exact) mass is 285 g/mol. The summed E-state index contributed by atoms with van der Waals surface area (Å²) >= 11 is 2.42. The number of aryl methyl sites for hydroxylation is 1. The van der Waals surface area contributed by atoms with Crippen molar-refractivity contribution in [2.45, 2.75) is 25.5 Å². The van der Waals surface area contributed by atoms with Crippen molar-refractivity contribution in [3.05, 3.63) is 5.69 Å². The number of hydrogen-bond acceptors (Lipinski definition) is 7. The van der Waals surface area contributed by atoms with E-state index in [2.05, 4.69) is 19.8 Å². The lowest BCUT2D eigenvalue weighted by Crippen LogP contribution is -2.03. The van der Waals surface area contributed by atoms with Crippen LogP contribution in [0.15, 0.2) is 5.16 Å². The summed E-state index contributed by atoms with van der Waals surface area (Å²) in [6, 6.07) is 0. The van der Waals surface area contributed by atoms with E-state index in [9.17, 15) is 4.79 Å². The van der Waals surface area contributed by atoms with E-state index in [1.165, 1.54) is 11.5 Å². The fraction of sp³-hybridized carbons (Fsp3) is 0.444. The minimum atomic E-state index is -0.872. The molecule has 0 bridgehead atoms. The number of aliphatic carboxylic acids is 1. The fourth-order valence-electron chi connectivity index (χ4n) is 1.41. The van der Waals surface area contributed by atoms with Crippen LogP contribution >= 0.6 is 23.3 Å². The molecule has 7 nitrogen and oxygen atoms in total. The van der Waals surface area contributed by atoms with Crippen LogP contribution in [0.5, 0.6) is 0 Å². The second-order valence-corrected chi connectivity index (χ2v) is 5.12. The molecule has 0 unspecified atom stereocenters. The van der Waals surface area contributed by atoms with Crippen LogP contribution in [0.4, 0.5) is 0 Å². The third kappa shape index (κ3) is 2.51. The van der Waals surface area contributed by atoms with Gasteiger partial charge in [-0.2, -0.15) is 0 Å². The van der Waals surface area contributed by atoms with Crippen LogP contribution in [0, 0.1) is 6.92 Å². The number of carboxylic acid groups (broad SMARTS) is 1. The van der Waals surface area contributed by atoms with Gasteiger partial charge >= 0.3 is 5.97 Å². The highest BCUT2D eigenvalue weighted by molar-refractivity contribution is 7.99. The summed E-state index contributed by atoms with van der Waals surface area (Å²) in [5.41, 5.74) is 0.803. The van der Waals surface area contributed by atoms with Gasteiger partial charge in [0.1, 0.15) is 4.88 Å². The molecule has 96 valence electrons. The van der Waals surface area contributed by atoms with Gasteiger partial charge in [-0.25, -0.2) is 0 Å². The number of rotatable bonds is 5. The first-order valence-electron chi connectivity index (χ1n) is 5.20. The lowest BCUT2D eigenvalue weighted by atomic mass is 10.4. The zero-order valence-electron chi connectivity index (χ0n) is 9.82. The standard InChI is InChI=1S/C9H11N5O2S2/c1-3-14-8(7-5(2)10-13-18-7)11-12-9(14)17-4-6(15)16/h3-4H2,1-2H3,(H,15,16). The lowest BCUT2D eigenvalue weighted by molar-refractivity contribution is -0.133. The van der Waals surface area contributed by atoms with Crippen LogP contribution in [0.3, 0.4) is 0 Å². The Morgan fingerprint density at radius 2 is 2.22 bits per heavy atom. The first-order chi connectivity index (χ1) is 8.63. The van der Waals surface area contributed by atoms with E-state index in [1.807, 2.05) is 18.4 Å². The summed E-state index contributed by atoms with van der Waals surface area (Å²) in [4.78, 5) is 11.4. The van der Waals surface area contributed by atoms with Crippen molar-refractivity contribution in [3.63, 3.8) is 0 Å². The quantitative estimate of drug-likeness (QED) is 0.827. The minimum Gasteiger partial charge on any atom is -0.481 e. The molecule has 18 heavy (non-hydrogen) atoms. The highest BCUT2D eigenvalue weighted by atomic mass is 32.2. The van der Waals surface area contributed by atoms with Crippen molar-refractivity contribution in [1.29, 1.82) is 0 Å². The van der Waals surface area contributed by atoms with Crippen LogP contribution in [-0.4, -0.2) is 41.2 Å². The van der Waals surface area contributed by atoms with Gasteiger partial charge in [0, 0.05) is 6.54 Å². The van der Waals surface area contributed by atoms with Crippen LogP contribution in [-0.2, 0) is 11.3 Å². The molecule has 1 N–H and O–H groups in total. The van der Waals surface area contributed by atoms with Gasteiger partial charge in [0.25, 0.3) is 0 Å². The molecule has 0 aromatic carbocycles. The third-order valence-electron chi connectivity index (χ3n) is 2.21. The molecule has 2 rings (SSSR count). The maximum atomic E-state index is 10.6. The van der Waals surface area contributed by atoms with Crippen molar-refractivity contribution < 1.29 is 9.90 Å². The summed E-state index contributed by atoms with van der Waals surface area (Å²) < 4.78 is 5.74. The third-order valence-corrected chi connectivity index (χ3v) is 3.99. The van der Waals surface area contributed by atoms with Gasteiger partial charge in [-0.15, -0.1) is 15.3 Å². The molecule has 0 radical (unpaired) electrons. The van der Waals surface area contributed by atoms with Crippen LogP contribution < -0.4 is 0 Å². The average molecular weight is 285 g/mol.